The molecule has 0 spiro atoms. The van der Waals surface area contributed by atoms with Gasteiger partial charge in [-0.05, 0) is 36.4 Å². The second-order valence-electron chi connectivity index (χ2n) is 5.74. The van der Waals surface area contributed by atoms with Crippen molar-refractivity contribution in [2.24, 2.45) is 0 Å². The van der Waals surface area contributed by atoms with E-state index in [9.17, 15) is 14.9 Å². The maximum absolute atomic E-state index is 12.5. The highest BCUT2D eigenvalue weighted by molar-refractivity contribution is 5.68. The highest BCUT2D eigenvalue weighted by Crippen LogP contribution is 2.27. The number of benzene rings is 1. The number of nitrogens with zero attached hydrogens (tertiary/aromatic N) is 4. The Hall–Kier alpha value is -4.27. The molecule has 9 heteroatoms. The summed E-state index contributed by atoms with van der Waals surface area (Å²) in [5, 5.41) is 14.3. The van der Waals surface area contributed by atoms with Crippen molar-refractivity contribution in [3.05, 3.63) is 93.7 Å². The Morgan fingerprint density at radius 2 is 1.86 bits per heavy atom. The first-order valence-electron chi connectivity index (χ1n) is 8.22. The van der Waals surface area contributed by atoms with Crippen molar-refractivity contribution in [1.82, 2.24) is 14.4 Å². The molecule has 1 aromatic carbocycles. The van der Waals surface area contributed by atoms with Gasteiger partial charge in [-0.2, -0.15) is 0 Å². The maximum atomic E-state index is 12.5. The van der Waals surface area contributed by atoms with E-state index in [1.807, 2.05) is 0 Å². The van der Waals surface area contributed by atoms with Crippen LogP contribution in [0.5, 0.6) is 11.5 Å². The van der Waals surface area contributed by atoms with Gasteiger partial charge in [-0.15, -0.1) is 0 Å². The number of hydrogen-bond acceptors (Lipinski definition) is 7. The largest absolute Gasteiger partial charge is 0.457 e. The first kappa shape index (κ1) is 17.2. The number of fused-ring (bicyclic) bond motifs is 1. The molecular weight excluding hydrogens is 362 g/mol. The van der Waals surface area contributed by atoms with Crippen molar-refractivity contribution in [2.45, 2.75) is 0 Å². The zero-order valence-corrected chi connectivity index (χ0v) is 14.4. The van der Waals surface area contributed by atoms with E-state index in [-0.39, 0.29) is 5.82 Å². The molecule has 0 aliphatic rings. The van der Waals surface area contributed by atoms with Crippen molar-refractivity contribution in [1.29, 1.82) is 0 Å². The van der Waals surface area contributed by atoms with Gasteiger partial charge < -0.3 is 10.1 Å². The second-order valence-corrected chi connectivity index (χ2v) is 5.74. The third-order valence-electron chi connectivity index (χ3n) is 3.88. The van der Waals surface area contributed by atoms with Gasteiger partial charge in [0.05, 0.1) is 4.92 Å². The van der Waals surface area contributed by atoms with Crippen LogP contribution >= 0.6 is 0 Å². The van der Waals surface area contributed by atoms with Crippen LogP contribution in [0.4, 0.5) is 17.2 Å². The van der Waals surface area contributed by atoms with Crippen molar-refractivity contribution >= 4 is 22.8 Å². The molecule has 4 rings (SSSR count). The van der Waals surface area contributed by atoms with Crippen LogP contribution < -0.4 is 15.6 Å². The smallest absolute Gasteiger partial charge is 0.376 e. The summed E-state index contributed by atoms with van der Waals surface area (Å²) in [6, 6.07) is 15.1. The molecule has 0 amide bonds. The molecule has 0 fully saturated rings. The first-order valence-corrected chi connectivity index (χ1v) is 8.22. The predicted molar refractivity (Wildman–Crippen MR) is 102 cm³/mol. The van der Waals surface area contributed by atoms with Gasteiger partial charge in [-0.1, -0.05) is 12.1 Å². The molecule has 9 nitrogen and oxygen atoms in total. The third-order valence-corrected chi connectivity index (χ3v) is 3.88. The summed E-state index contributed by atoms with van der Waals surface area (Å²) >= 11 is 0. The summed E-state index contributed by atoms with van der Waals surface area (Å²) in [4.78, 5) is 31.4. The summed E-state index contributed by atoms with van der Waals surface area (Å²) in [5.74, 6) is 0.971. The minimum absolute atomic E-state index is 0.137. The minimum atomic E-state index is -0.762. The van der Waals surface area contributed by atoms with Gasteiger partial charge in [0.2, 0.25) is 5.82 Å². The normalized spacial score (nSPS) is 10.6. The lowest BCUT2D eigenvalue weighted by Gasteiger charge is -2.10. The van der Waals surface area contributed by atoms with E-state index in [1.54, 1.807) is 67.0 Å². The van der Waals surface area contributed by atoms with Crippen LogP contribution in [0.2, 0.25) is 0 Å². The van der Waals surface area contributed by atoms with Crippen LogP contribution in [0.25, 0.3) is 5.65 Å². The molecule has 0 aliphatic heterocycles. The Morgan fingerprint density at radius 3 is 2.64 bits per heavy atom. The molecule has 3 aromatic heterocycles. The Morgan fingerprint density at radius 1 is 1.04 bits per heavy atom. The number of rotatable bonds is 5. The molecule has 0 saturated carbocycles. The monoisotopic (exact) mass is 375 g/mol. The van der Waals surface area contributed by atoms with Gasteiger partial charge in [-0.3, -0.25) is 24.3 Å². The quantitative estimate of drug-likeness (QED) is 0.419. The molecule has 0 saturated heterocycles. The number of pyridine rings is 2. The van der Waals surface area contributed by atoms with Crippen LogP contribution in [0, 0.1) is 10.1 Å². The van der Waals surface area contributed by atoms with Crippen molar-refractivity contribution in [2.75, 3.05) is 5.32 Å². The van der Waals surface area contributed by atoms with Gasteiger partial charge in [0.25, 0.3) is 0 Å². The van der Waals surface area contributed by atoms with E-state index in [0.717, 1.165) is 4.40 Å². The average Bonchev–Trinajstić information content (AvgIpc) is 2.69. The fourth-order valence-corrected chi connectivity index (χ4v) is 2.65. The summed E-state index contributed by atoms with van der Waals surface area (Å²) in [6.45, 7) is 0. The molecule has 0 radical (unpaired) electrons. The minimum Gasteiger partial charge on any atom is -0.457 e. The Kier molecular flexibility index (Phi) is 4.38. The van der Waals surface area contributed by atoms with Crippen LogP contribution in [0.15, 0.2) is 78.0 Å². The predicted octanol–water partition coefficient (Wildman–Crippen LogP) is 3.53. The molecule has 0 atom stereocenters. The molecule has 28 heavy (non-hydrogen) atoms. The Labute approximate surface area is 158 Å². The Balaban J connectivity index is 1.72. The average molecular weight is 375 g/mol. The first-order chi connectivity index (χ1) is 13.6. The zero-order chi connectivity index (χ0) is 19.5. The van der Waals surface area contributed by atoms with E-state index in [4.69, 9.17) is 4.74 Å². The summed E-state index contributed by atoms with van der Waals surface area (Å²) in [7, 11) is 0. The third kappa shape index (κ3) is 3.36. The van der Waals surface area contributed by atoms with Crippen molar-refractivity contribution in [3.8, 4) is 11.5 Å². The number of anilines is 2. The van der Waals surface area contributed by atoms with E-state index >= 15 is 0 Å². The van der Waals surface area contributed by atoms with Crippen LogP contribution in [0.3, 0.4) is 0 Å². The SMILES string of the molecule is O=c1c([N+](=O)[O-])c(Nc2cccc(Oc3ccncc3)c2)nc2ccccn12. The van der Waals surface area contributed by atoms with Crippen LogP contribution in [-0.2, 0) is 0 Å². The highest BCUT2D eigenvalue weighted by Gasteiger charge is 2.23. The van der Waals surface area contributed by atoms with Gasteiger partial charge in [0, 0.05) is 30.3 Å². The lowest BCUT2D eigenvalue weighted by molar-refractivity contribution is -0.385. The Bertz CT molecular complexity index is 1220. The lowest BCUT2D eigenvalue weighted by atomic mass is 10.3. The summed E-state index contributed by atoms with van der Waals surface area (Å²) < 4.78 is 6.86. The van der Waals surface area contributed by atoms with Crippen molar-refractivity contribution in [3.63, 3.8) is 0 Å². The van der Waals surface area contributed by atoms with Gasteiger partial charge >= 0.3 is 11.2 Å². The zero-order valence-electron chi connectivity index (χ0n) is 14.4. The molecule has 1 N–H and O–H groups in total. The molecule has 138 valence electrons. The fourth-order valence-electron chi connectivity index (χ4n) is 2.65. The standard InChI is InChI=1S/C19H13N5O4/c25-19-17(24(26)27)18(22-16-6-1-2-11-23(16)19)21-13-4-3-5-15(12-13)28-14-7-9-20-10-8-14/h1-12,21H. The number of hydrogen-bond donors (Lipinski definition) is 1. The van der Waals surface area contributed by atoms with Gasteiger partial charge in [0.1, 0.15) is 17.1 Å². The van der Waals surface area contributed by atoms with E-state index in [1.165, 1.54) is 6.20 Å². The van der Waals surface area contributed by atoms with Gasteiger partial charge in [-0.25, -0.2) is 4.98 Å². The summed E-state index contributed by atoms with van der Waals surface area (Å²) in [5.41, 5.74) is -0.613. The molecule has 4 aromatic rings. The lowest BCUT2D eigenvalue weighted by Crippen LogP contribution is -2.20. The number of nitro groups is 1. The molecule has 0 bridgehead atoms. The van der Waals surface area contributed by atoms with Crippen molar-refractivity contribution < 1.29 is 9.66 Å². The highest BCUT2D eigenvalue weighted by atomic mass is 16.6. The number of aromatic nitrogens is 3. The van der Waals surface area contributed by atoms with Crippen LogP contribution in [-0.4, -0.2) is 19.3 Å². The van der Waals surface area contributed by atoms with E-state index < -0.39 is 16.2 Å². The molecule has 3 heterocycles. The molecular formula is C19H13N5O4. The number of ether oxygens (including phenoxy) is 1. The fraction of sp³-hybridized carbons (Fsp3) is 0. The van der Waals surface area contributed by atoms with Crippen LogP contribution in [0.1, 0.15) is 0 Å². The van der Waals surface area contributed by atoms with E-state index in [2.05, 4.69) is 15.3 Å². The molecule has 0 unspecified atom stereocenters. The maximum Gasteiger partial charge on any atom is 0.376 e. The summed E-state index contributed by atoms with van der Waals surface area (Å²) in [6.07, 6.45) is 4.64. The van der Waals surface area contributed by atoms with E-state index in [0.29, 0.717) is 22.8 Å². The second kappa shape index (κ2) is 7.16. The number of nitrogens with one attached hydrogen (secondary N) is 1. The van der Waals surface area contributed by atoms with Gasteiger partial charge in [0.15, 0.2) is 0 Å². The topological polar surface area (TPSA) is 112 Å². The molecule has 0 aliphatic carbocycles.